The van der Waals surface area contributed by atoms with Crippen LogP contribution in [0, 0.1) is 46.3 Å². The van der Waals surface area contributed by atoms with Crippen LogP contribution >= 0.6 is 0 Å². The van der Waals surface area contributed by atoms with E-state index in [0.717, 1.165) is 61.6 Å². The number of ether oxygens (including phenoxy) is 1. The highest BCUT2D eigenvalue weighted by Crippen LogP contribution is 2.68. The Balaban J connectivity index is 1.38. The molecule has 4 aliphatic rings. The minimum Gasteiger partial charge on any atom is -0.469 e. The molecule has 4 heteroatoms. The van der Waals surface area contributed by atoms with Gasteiger partial charge in [-0.2, -0.15) is 0 Å². The lowest BCUT2D eigenvalue weighted by atomic mass is 9.44. The van der Waals surface area contributed by atoms with Crippen LogP contribution in [0.1, 0.15) is 104 Å². The van der Waals surface area contributed by atoms with Gasteiger partial charge in [-0.25, -0.2) is 0 Å². The molecule has 4 saturated carbocycles. The summed E-state index contributed by atoms with van der Waals surface area (Å²) >= 11 is 0. The van der Waals surface area contributed by atoms with Gasteiger partial charge in [0.2, 0.25) is 0 Å². The highest BCUT2D eigenvalue weighted by Gasteiger charge is 2.60. The minimum atomic E-state index is -0.0408. The topological polar surface area (TPSA) is 64.3 Å². The van der Waals surface area contributed by atoms with Gasteiger partial charge in [0.15, 0.2) is 0 Å². The molecule has 0 saturated heterocycles. The van der Waals surface area contributed by atoms with E-state index in [1.165, 1.54) is 71.3 Å². The molecular formula is C29H52N2O2. The zero-order valence-corrected chi connectivity index (χ0v) is 22.0. The van der Waals surface area contributed by atoms with E-state index in [-0.39, 0.29) is 5.97 Å². The first-order valence-corrected chi connectivity index (χ1v) is 14.3. The molecule has 4 fully saturated rings. The molecule has 0 aromatic rings. The van der Waals surface area contributed by atoms with Crippen molar-refractivity contribution in [2.24, 2.45) is 52.1 Å². The molecule has 4 unspecified atom stereocenters. The van der Waals surface area contributed by atoms with Gasteiger partial charge in [-0.15, -0.1) is 0 Å². The summed E-state index contributed by atoms with van der Waals surface area (Å²) in [4.78, 5) is 11.7. The second kappa shape index (κ2) is 10.6. The van der Waals surface area contributed by atoms with Gasteiger partial charge in [-0.1, -0.05) is 20.8 Å². The van der Waals surface area contributed by atoms with E-state index in [1.807, 2.05) is 0 Å². The lowest BCUT2D eigenvalue weighted by molar-refractivity contribution is -0.141. The maximum atomic E-state index is 11.7. The van der Waals surface area contributed by atoms with Crippen LogP contribution in [0.25, 0.3) is 0 Å². The number of nitrogens with one attached hydrogen (secondary N) is 1. The van der Waals surface area contributed by atoms with E-state index in [4.69, 9.17) is 10.5 Å². The van der Waals surface area contributed by atoms with Gasteiger partial charge in [0.05, 0.1) is 7.11 Å². The Morgan fingerprint density at radius 2 is 1.79 bits per heavy atom. The van der Waals surface area contributed by atoms with Crippen molar-refractivity contribution < 1.29 is 9.53 Å². The van der Waals surface area contributed by atoms with E-state index in [1.54, 1.807) is 0 Å². The van der Waals surface area contributed by atoms with Crippen LogP contribution in [-0.2, 0) is 9.53 Å². The SMILES string of the molecule is COC(=O)CCC(C)[C@H]1CCC2C3CC[C@H]4C[C@@H](NCCCCN)CC[C@]4(C)C3CC[C@@]21C. The number of nitrogens with two attached hydrogens (primary N) is 1. The van der Waals surface area contributed by atoms with Gasteiger partial charge in [-0.3, -0.25) is 4.79 Å². The zero-order valence-electron chi connectivity index (χ0n) is 22.0. The van der Waals surface area contributed by atoms with Gasteiger partial charge in [0.25, 0.3) is 0 Å². The van der Waals surface area contributed by atoms with Crippen molar-refractivity contribution in [3.63, 3.8) is 0 Å². The van der Waals surface area contributed by atoms with Crippen LogP contribution in [0.4, 0.5) is 0 Å². The second-order valence-electron chi connectivity index (χ2n) is 12.9. The standard InChI is InChI=1S/C29H52N2O2/c1-20(7-12-27(32)33-4)24-10-11-25-23-9-8-21-19-22(31-18-6-5-17-30)13-15-28(21,2)26(23)14-16-29(24,25)3/h20-26,31H,5-19,30H2,1-4H3/t20?,21-,22-,23?,24+,25?,26?,28-,29+/m0/s1. The predicted octanol–water partition coefficient (Wildman–Crippen LogP) is 5.93. The van der Waals surface area contributed by atoms with E-state index in [9.17, 15) is 4.79 Å². The molecule has 4 aliphatic carbocycles. The third-order valence-electron chi connectivity index (χ3n) is 11.5. The van der Waals surface area contributed by atoms with Crippen molar-refractivity contribution in [3.8, 4) is 0 Å². The molecule has 0 aliphatic heterocycles. The number of hydrogen-bond donors (Lipinski definition) is 2. The normalized spacial score (nSPS) is 43.3. The van der Waals surface area contributed by atoms with Gasteiger partial charge in [-0.05, 0) is 136 Å². The van der Waals surface area contributed by atoms with Crippen molar-refractivity contribution in [2.75, 3.05) is 20.2 Å². The largest absolute Gasteiger partial charge is 0.469 e. The zero-order chi connectivity index (χ0) is 23.6. The number of carbonyl (C=O) groups excluding carboxylic acids is 1. The number of rotatable bonds is 9. The molecule has 0 aromatic heterocycles. The number of fused-ring (bicyclic) bond motifs is 5. The first kappa shape index (κ1) is 25.5. The number of esters is 1. The van der Waals surface area contributed by atoms with E-state index in [0.29, 0.717) is 23.2 Å². The van der Waals surface area contributed by atoms with Gasteiger partial charge < -0.3 is 15.8 Å². The summed E-state index contributed by atoms with van der Waals surface area (Å²) in [6.07, 6.45) is 16.7. The van der Waals surface area contributed by atoms with Gasteiger partial charge in [0.1, 0.15) is 0 Å². The van der Waals surface area contributed by atoms with Crippen molar-refractivity contribution in [2.45, 2.75) is 110 Å². The highest BCUT2D eigenvalue weighted by molar-refractivity contribution is 5.69. The third-order valence-corrected chi connectivity index (χ3v) is 11.5. The average Bonchev–Trinajstić information content (AvgIpc) is 3.17. The Morgan fingerprint density at radius 3 is 2.55 bits per heavy atom. The van der Waals surface area contributed by atoms with Gasteiger partial charge >= 0.3 is 5.97 Å². The molecule has 0 aromatic carbocycles. The smallest absolute Gasteiger partial charge is 0.305 e. The van der Waals surface area contributed by atoms with Crippen molar-refractivity contribution >= 4 is 5.97 Å². The third kappa shape index (κ3) is 4.90. The fourth-order valence-corrected chi connectivity index (χ4v) is 9.64. The number of hydrogen-bond acceptors (Lipinski definition) is 4. The Morgan fingerprint density at radius 1 is 1.03 bits per heavy atom. The summed E-state index contributed by atoms with van der Waals surface area (Å²) in [5, 5.41) is 3.88. The molecule has 0 bridgehead atoms. The minimum absolute atomic E-state index is 0.0408. The Hall–Kier alpha value is -0.610. The number of methoxy groups -OCH3 is 1. The molecule has 4 rings (SSSR count). The van der Waals surface area contributed by atoms with Crippen LogP contribution in [0.2, 0.25) is 0 Å². The molecule has 9 atom stereocenters. The van der Waals surface area contributed by atoms with Crippen LogP contribution in [0.15, 0.2) is 0 Å². The van der Waals surface area contributed by atoms with Crippen LogP contribution < -0.4 is 11.1 Å². The molecule has 0 heterocycles. The Bertz CT molecular complexity index is 668. The average molecular weight is 461 g/mol. The first-order chi connectivity index (χ1) is 15.8. The lowest BCUT2D eigenvalue weighted by Crippen LogP contribution is -2.55. The fourth-order valence-electron chi connectivity index (χ4n) is 9.64. The van der Waals surface area contributed by atoms with Crippen LogP contribution in [-0.4, -0.2) is 32.2 Å². The van der Waals surface area contributed by atoms with E-state index >= 15 is 0 Å². The summed E-state index contributed by atoms with van der Waals surface area (Å²) in [6.45, 7) is 9.70. The highest BCUT2D eigenvalue weighted by atomic mass is 16.5. The molecule has 0 spiro atoms. The summed E-state index contributed by atoms with van der Waals surface area (Å²) in [6, 6.07) is 0.734. The molecular weight excluding hydrogens is 408 g/mol. The van der Waals surface area contributed by atoms with Crippen LogP contribution in [0.5, 0.6) is 0 Å². The van der Waals surface area contributed by atoms with Crippen LogP contribution in [0.3, 0.4) is 0 Å². The molecule has 4 nitrogen and oxygen atoms in total. The Labute approximate surface area is 203 Å². The molecule has 0 radical (unpaired) electrons. The van der Waals surface area contributed by atoms with E-state index in [2.05, 4.69) is 26.1 Å². The van der Waals surface area contributed by atoms with Gasteiger partial charge in [0, 0.05) is 12.5 Å². The predicted molar refractivity (Wildman–Crippen MR) is 136 cm³/mol. The lowest BCUT2D eigenvalue weighted by Gasteiger charge is -2.61. The van der Waals surface area contributed by atoms with E-state index < -0.39 is 0 Å². The maximum Gasteiger partial charge on any atom is 0.305 e. The summed E-state index contributed by atoms with van der Waals surface area (Å²) in [7, 11) is 1.52. The van der Waals surface area contributed by atoms with Crippen molar-refractivity contribution in [3.05, 3.63) is 0 Å². The molecule has 0 amide bonds. The van der Waals surface area contributed by atoms with Crippen molar-refractivity contribution in [1.82, 2.24) is 5.32 Å². The summed E-state index contributed by atoms with van der Waals surface area (Å²) in [5.74, 6) is 5.08. The van der Waals surface area contributed by atoms with Crippen molar-refractivity contribution in [1.29, 1.82) is 0 Å². The first-order valence-electron chi connectivity index (χ1n) is 14.3. The quantitative estimate of drug-likeness (QED) is 0.330. The maximum absolute atomic E-state index is 11.7. The fraction of sp³-hybridized carbons (Fsp3) is 0.966. The Kier molecular flexibility index (Phi) is 8.16. The number of carbonyl (C=O) groups is 1. The summed E-state index contributed by atoms with van der Waals surface area (Å²) in [5.41, 5.74) is 6.72. The monoisotopic (exact) mass is 460 g/mol. The summed E-state index contributed by atoms with van der Waals surface area (Å²) < 4.78 is 4.92. The molecule has 3 N–H and O–H groups in total. The second-order valence-corrected chi connectivity index (χ2v) is 12.9. The molecule has 33 heavy (non-hydrogen) atoms. The number of unbranched alkanes of at least 4 members (excludes halogenated alkanes) is 1. The molecule has 190 valence electrons.